The molecule has 0 saturated carbocycles. The van der Waals surface area contributed by atoms with E-state index in [9.17, 15) is 4.79 Å². The lowest BCUT2D eigenvalue weighted by Crippen LogP contribution is -2.16. The summed E-state index contributed by atoms with van der Waals surface area (Å²) in [4.78, 5) is 22.4. The lowest BCUT2D eigenvalue weighted by atomic mass is 9.79. The van der Waals surface area contributed by atoms with Gasteiger partial charge in [-0.1, -0.05) is 40.7 Å². The molecule has 0 unspecified atom stereocenters. The van der Waals surface area contributed by atoms with E-state index >= 15 is 0 Å². The number of aromatic nitrogens is 4. The Morgan fingerprint density at radius 2 is 1.88 bits per heavy atom. The van der Waals surface area contributed by atoms with Crippen LogP contribution >= 0.6 is 0 Å². The summed E-state index contributed by atoms with van der Waals surface area (Å²) in [5, 5.41) is 2.88. The fourth-order valence-electron chi connectivity index (χ4n) is 4.80. The number of hydrogen-bond donors (Lipinski definition) is 2. The van der Waals surface area contributed by atoms with Gasteiger partial charge in [0.25, 0.3) is 5.56 Å². The Morgan fingerprint density at radius 3 is 2.59 bits per heavy atom. The van der Waals surface area contributed by atoms with Crippen LogP contribution in [0.2, 0.25) is 0 Å². The zero-order chi connectivity index (χ0) is 24.4. The van der Waals surface area contributed by atoms with E-state index in [0.29, 0.717) is 22.8 Å². The maximum atomic E-state index is 12.9. The zero-order valence-electron chi connectivity index (χ0n) is 20.6. The quantitative estimate of drug-likeness (QED) is 0.428. The van der Waals surface area contributed by atoms with Crippen molar-refractivity contribution in [2.24, 2.45) is 0 Å². The topological polar surface area (TPSA) is 98.3 Å². The standard InChI is InChI=1S/C27H31N5O2/c1-26(2,3)15-11-18(17-9-10-27(4,5)20(17)12-15)22-14-32-25(29-22)30-23(24(33)31-32)19-13-16(34-6)7-8-21(19)28/h7-8,11-14H,9-10,28H2,1-6H3,(H,31,33). The molecule has 0 aliphatic heterocycles. The molecule has 2 heterocycles. The predicted octanol–water partition coefficient (Wildman–Crippen LogP) is 4.86. The van der Waals surface area contributed by atoms with E-state index in [4.69, 9.17) is 15.5 Å². The molecule has 0 amide bonds. The third kappa shape index (κ3) is 3.56. The van der Waals surface area contributed by atoms with Crippen molar-refractivity contribution in [1.82, 2.24) is 19.6 Å². The highest BCUT2D eigenvalue weighted by molar-refractivity contribution is 5.76. The van der Waals surface area contributed by atoms with Gasteiger partial charge < -0.3 is 10.5 Å². The summed E-state index contributed by atoms with van der Waals surface area (Å²) < 4.78 is 6.89. The number of methoxy groups -OCH3 is 1. The van der Waals surface area contributed by atoms with Crippen LogP contribution in [0.4, 0.5) is 5.69 Å². The number of ether oxygens (including phenoxy) is 1. The fourth-order valence-corrected chi connectivity index (χ4v) is 4.80. The number of hydrogen-bond acceptors (Lipinski definition) is 5. The molecular formula is C27H31N5O2. The van der Waals surface area contributed by atoms with Gasteiger partial charge in [-0.25, -0.2) is 14.5 Å². The second kappa shape index (κ2) is 7.45. The molecule has 176 valence electrons. The van der Waals surface area contributed by atoms with Crippen LogP contribution in [0.3, 0.4) is 0 Å². The maximum absolute atomic E-state index is 12.9. The molecule has 4 aromatic rings. The van der Waals surface area contributed by atoms with Crippen molar-refractivity contribution in [2.75, 3.05) is 12.8 Å². The number of benzene rings is 2. The Bertz CT molecular complexity index is 1490. The van der Waals surface area contributed by atoms with Crippen molar-refractivity contribution in [3.63, 3.8) is 0 Å². The molecule has 0 bridgehead atoms. The number of nitrogen functional groups attached to an aromatic ring is 1. The summed E-state index contributed by atoms with van der Waals surface area (Å²) >= 11 is 0. The Hall–Kier alpha value is -3.61. The normalized spacial score (nSPS) is 15.0. The summed E-state index contributed by atoms with van der Waals surface area (Å²) in [6.07, 6.45) is 3.96. The van der Waals surface area contributed by atoms with Crippen LogP contribution in [0.5, 0.6) is 5.75 Å². The zero-order valence-corrected chi connectivity index (χ0v) is 20.6. The number of nitrogens with two attached hydrogens (primary N) is 1. The summed E-state index contributed by atoms with van der Waals surface area (Å²) in [7, 11) is 1.57. The van der Waals surface area contributed by atoms with Gasteiger partial charge in [-0.05, 0) is 64.6 Å². The minimum atomic E-state index is -0.341. The van der Waals surface area contributed by atoms with Gasteiger partial charge in [-0.15, -0.1) is 0 Å². The van der Waals surface area contributed by atoms with Gasteiger partial charge in [0.05, 0.1) is 19.0 Å². The van der Waals surface area contributed by atoms with E-state index in [1.807, 2.05) is 6.20 Å². The first-order valence-corrected chi connectivity index (χ1v) is 11.6. The van der Waals surface area contributed by atoms with Crippen LogP contribution in [-0.2, 0) is 17.3 Å². The van der Waals surface area contributed by atoms with Crippen molar-refractivity contribution in [3.05, 3.63) is 63.6 Å². The van der Waals surface area contributed by atoms with Crippen molar-refractivity contribution < 1.29 is 4.74 Å². The molecular weight excluding hydrogens is 426 g/mol. The largest absolute Gasteiger partial charge is 0.497 e. The molecule has 5 rings (SSSR count). The molecule has 0 fully saturated rings. The van der Waals surface area contributed by atoms with Crippen LogP contribution in [0.25, 0.3) is 28.3 Å². The van der Waals surface area contributed by atoms with E-state index < -0.39 is 0 Å². The molecule has 2 aromatic heterocycles. The number of imidazole rings is 1. The van der Waals surface area contributed by atoms with Gasteiger partial charge >= 0.3 is 0 Å². The van der Waals surface area contributed by atoms with Crippen LogP contribution in [0.1, 0.15) is 57.7 Å². The number of nitrogens with one attached hydrogen (secondary N) is 1. The van der Waals surface area contributed by atoms with Crippen molar-refractivity contribution in [3.8, 4) is 28.3 Å². The molecule has 1 aliphatic rings. The van der Waals surface area contributed by atoms with Gasteiger partial charge in [0.15, 0.2) is 0 Å². The average Bonchev–Trinajstić information content (AvgIpc) is 3.32. The molecule has 0 atom stereocenters. The Kier molecular flexibility index (Phi) is 4.86. The first-order chi connectivity index (χ1) is 16.0. The van der Waals surface area contributed by atoms with Gasteiger partial charge in [-0.3, -0.25) is 9.89 Å². The summed E-state index contributed by atoms with van der Waals surface area (Å²) in [6.45, 7) is 11.3. The van der Waals surface area contributed by atoms with E-state index in [1.54, 1.807) is 29.8 Å². The number of fused-ring (bicyclic) bond motifs is 2. The molecule has 2 aromatic carbocycles. The molecule has 0 saturated heterocycles. The first-order valence-electron chi connectivity index (χ1n) is 11.6. The third-order valence-corrected chi connectivity index (χ3v) is 6.97. The fraction of sp³-hybridized carbons (Fsp3) is 0.370. The monoisotopic (exact) mass is 457 g/mol. The molecule has 7 nitrogen and oxygen atoms in total. The van der Waals surface area contributed by atoms with E-state index in [1.165, 1.54) is 16.7 Å². The smallest absolute Gasteiger partial charge is 0.289 e. The highest BCUT2D eigenvalue weighted by atomic mass is 16.5. The molecule has 34 heavy (non-hydrogen) atoms. The average molecular weight is 458 g/mol. The lowest BCUT2D eigenvalue weighted by molar-refractivity contribution is 0.415. The van der Waals surface area contributed by atoms with Gasteiger partial charge in [0.2, 0.25) is 5.78 Å². The second-order valence-corrected chi connectivity index (χ2v) is 10.8. The Morgan fingerprint density at radius 1 is 1.12 bits per heavy atom. The minimum Gasteiger partial charge on any atom is -0.497 e. The highest BCUT2D eigenvalue weighted by Gasteiger charge is 2.34. The van der Waals surface area contributed by atoms with E-state index in [-0.39, 0.29) is 22.1 Å². The third-order valence-electron chi connectivity index (χ3n) is 6.97. The minimum absolute atomic E-state index is 0.00519. The van der Waals surface area contributed by atoms with Gasteiger partial charge in [0.1, 0.15) is 11.4 Å². The number of aromatic amines is 1. The Balaban J connectivity index is 1.70. The molecule has 0 spiro atoms. The number of rotatable bonds is 3. The van der Waals surface area contributed by atoms with Crippen molar-refractivity contribution in [1.29, 1.82) is 0 Å². The van der Waals surface area contributed by atoms with Crippen LogP contribution in [-0.4, -0.2) is 26.7 Å². The van der Waals surface area contributed by atoms with Crippen molar-refractivity contribution in [2.45, 2.75) is 58.3 Å². The highest BCUT2D eigenvalue weighted by Crippen LogP contribution is 2.44. The van der Waals surface area contributed by atoms with Gasteiger partial charge in [0, 0.05) is 16.8 Å². The second-order valence-electron chi connectivity index (χ2n) is 10.8. The molecule has 0 radical (unpaired) electrons. The predicted molar refractivity (Wildman–Crippen MR) is 135 cm³/mol. The summed E-state index contributed by atoms with van der Waals surface area (Å²) in [6, 6.07) is 9.80. The first kappa shape index (κ1) is 22.2. The molecule has 7 heteroatoms. The van der Waals surface area contributed by atoms with E-state index in [2.05, 4.69) is 56.8 Å². The van der Waals surface area contributed by atoms with Crippen molar-refractivity contribution >= 4 is 11.5 Å². The number of nitrogens with zero attached hydrogens (tertiary/aromatic N) is 3. The van der Waals surface area contributed by atoms with Crippen LogP contribution in [0, 0.1) is 0 Å². The number of H-pyrrole nitrogens is 1. The number of anilines is 1. The van der Waals surface area contributed by atoms with Gasteiger partial charge in [-0.2, -0.15) is 0 Å². The van der Waals surface area contributed by atoms with Crippen LogP contribution < -0.4 is 16.0 Å². The SMILES string of the molecule is COc1ccc(N)c(-c2nc3nc(-c4cc(C(C)(C)C)cc5c4CCC5(C)C)cn3[nH]c2=O)c1. The molecule has 1 aliphatic carbocycles. The summed E-state index contributed by atoms with van der Waals surface area (Å²) in [5.41, 5.74) is 13.0. The summed E-state index contributed by atoms with van der Waals surface area (Å²) in [5.74, 6) is 1.02. The molecule has 3 N–H and O–H groups in total. The maximum Gasteiger partial charge on any atom is 0.289 e. The lowest BCUT2D eigenvalue weighted by Gasteiger charge is -2.25. The Labute approximate surface area is 199 Å². The van der Waals surface area contributed by atoms with E-state index in [0.717, 1.165) is 24.1 Å². The van der Waals surface area contributed by atoms with Crippen LogP contribution in [0.15, 0.2) is 41.3 Å².